The minimum absolute atomic E-state index is 0.102. The molecule has 4 unspecified atom stereocenters. The zero-order valence-corrected chi connectivity index (χ0v) is 56.0. The van der Waals surface area contributed by atoms with Crippen molar-refractivity contribution in [1.82, 2.24) is 0 Å². The summed E-state index contributed by atoms with van der Waals surface area (Å²) in [4.78, 5) is 72.0. The molecule has 84 heavy (non-hydrogen) atoms. The summed E-state index contributed by atoms with van der Waals surface area (Å²) in [5, 5.41) is 10.5. The molecule has 19 heteroatoms. The van der Waals surface area contributed by atoms with Crippen LogP contribution in [-0.2, 0) is 65.4 Å². The van der Waals surface area contributed by atoms with Gasteiger partial charge in [0.2, 0.25) is 0 Å². The predicted molar refractivity (Wildman–Crippen MR) is 335 cm³/mol. The summed E-state index contributed by atoms with van der Waals surface area (Å²) in [6.07, 6.45) is 40.6. The van der Waals surface area contributed by atoms with Crippen molar-refractivity contribution in [2.75, 3.05) is 39.6 Å². The lowest BCUT2D eigenvalue weighted by atomic mass is 9.99. The van der Waals surface area contributed by atoms with Gasteiger partial charge in [0.15, 0.2) is 12.2 Å². The first kappa shape index (κ1) is 82.1. The Morgan fingerprint density at radius 2 is 0.571 bits per heavy atom. The Labute approximate surface area is 511 Å². The van der Waals surface area contributed by atoms with Crippen LogP contribution in [0.5, 0.6) is 0 Å². The highest BCUT2D eigenvalue weighted by Crippen LogP contribution is 2.45. The number of hydrogen-bond acceptors (Lipinski definition) is 15. The fourth-order valence-electron chi connectivity index (χ4n) is 9.64. The molecule has 0 aliphatic carbocycles. The third kappa shape index (κ3) is 56.6. The fourth-order valence-corrected chi connectivity index (χ4v) is 11.2. The number of carbonyl (C=O) groups excluding carboxylic acids is 4. The molecule has 0 aromatic carbocycles. The van der Waals surface area contributed by atoms with Gasteiger partial charge >= 0.3 is 39.5 Å². The van der Waals surface area contributed by atoms with Gasteiger partial charge in [-0.1, -0.05) is 273 Å². The molecule has 0 amide bonds. The number of esters is 4. The van der Waals surface area contributed by atoms with E-state index in [1.165, 1.54) is 135 Å². The summed E-state index contributed by atoms with van der Waals surface area (Å²) in [7, 11) is -9.88. The molecule has 0 radical (unpaired) electrons. The van der Waals surface area contributed by atoms with Crippen LogP contribution >= 0.6 is 15.6 Å². The van der Waals surface area contributed by atoms with Crippen LogP contribution in [0, 0.1) is 11.8 Å². The number of hydrogen-bond donors (Lipinski definition) is 3. The predicted octanol–water partition coefficient (Wildman–Crippen LogP) is 18.0. The second-order valence-electron chi connectivity index (χ2n) is 24.0. The molecular formula is C65H126O17P2. The molecule has 0 aromatic heterocycles. The molecule has 0 bridgehead atoms. The number of unbranched alkanes of at least 4 members (excludes halogenated alkanes) is 32. The van der Waals surface area contributed by atoms with Gasteiger partial charge in [0.05, 0.1) is 26.4 Å². The minimum atomic E-state index is -4.94. The summed E-state index contributed by atoms with van der Waals surface area (Å²) in [5.41, 5.74) is 0. The van der Waals surface area contributed by atoms with Gasteiger partial charge in [-0.15, -0.1) is 0 Å². The van der Waals surface area contributed by atoms with Crippen LogP contribution in [-0.4, -0.2) is 96.7 Å². The first-order valence-corrected chi connectivity index (χ1v) is 37.1. The number of rotatable bonds is 64. The molecule has 0 saturated carbocycles. The maximum atomic E-state index is 13.0. The second-order valence-corrected chi connectivity index (χ2v) is 26.9. The quantitative estimate of drug-likeness (QED) is 0.0222. The van der Waals surface area contributed by atoms with E-state index in [0.29, 0.717) is 25.7 Å². The van der Waals surface area contributed by atoms with Crippen molar-refractivity contribution in [2.45, 2.75) is 342 Å². The summed E-state index contributed by atoms with van der Waals surface area (Å²) in [6.45, 7) is 9.42. The van der Waals surface area contributed by atoms with Gasteiger partial charge < -0.3 is 33.8 Å². The molecule has 3 N–H and O–H groups in total. The summed E-state index contributed by atoms with van der Waals surface area (Å²) in [6, 6.07) is 0. The van der Waals surface area contributed by atoms with Crippen LogP contribution in [0.2, 0.25) is 0 Å². The van der Waals surface area contributed by atoms with Crippen LogP contribution in [0.25, 0.3) is 0 Å². The highest BCUT2D eigenvalue weighted by Gasteiger charge is 2.30. The van der Waals surface area contributed by atoms with Gasteiger partial charge in [-0.2, -0.15) is 0 Å². The molecule has 17 nitrogen and oxygen atoms in total. The zero-order chi connectivity index (χ0) is 62.2. The Balaban J connectivity index is 5.15. The zero-order valence-electron chi connectivity index (χ0n) is 54.2. The number of carbonyl (C=O) groups is 4. The molecule has 0 rings (SSSR count). The number of aliphatic hydroxyl groups excluding tert-OH is 1. The van der Waals surface area contributed by atoms with Crippen LogP contribution in [0.1, 0.15) is 324 Å². The average molecular weight is 1240 g/mol. The van der Waals surface area contributed by atoms with Gasteiger partial charge in [0.25, 0.3) is 0 Å². The number of phosphoric ester groups is 2. The van der Waals surface area contributed by atoms with E-state index in [2.05, 4.69) is 41.5 Å². The highest BCUT2D eigenvalue weighted by molar-refractivity contribution is 7.47. The lowest BCUT2D eigenvalue weighted by molar-refractivity contribution is -0.161. The van der Waals surface area contributed by atoms with Crippen molar-refractivity contribution in [1.29, 1.82) is 0 Å². The highest BCUT2D eigenvalue weighted by atomic mass is 31.2. The Morgan fingerprint density at radius 3 is 0.845 bits per heavy atom. The van der Waals surface area contributed by atoms with Gasteiger partial charge in [-0.05, 0) is 37.5 Å². The molecule has 7 atom stereocenters. The lowest BCUT2D eigenvalue weighted by Crippen LogP contribution is -2.30. The standard InChI is InChI=1S/C65H126O17P2/c1-7-11-13-15-16-17-22-26-29-36-42-48-63(68)76-54-61(81-64(69)49-43-37-30-27-24-21-19-18-20-23-25-28-34-39-45-57(5)9-3)56-80-84(73,74)78-52-59(66)51-77-83(71,72)79-55-60(53-75-62(67)47-41-33-14-12-8-2)82-65(70)50-44-38-32-31-35-40-46-58(6)10-4/h57-61,66H,7-56H2,1-6H3,(H,71,72)(H,73,74)/t57?,58?,59-,60+,61+/m0/s1. The summed E-state index contributed by atoms with van der Waals surface area (Å²) < 4.78 is 67.8. The van der Waals surface area contributed by atoms with E-state index in [0.717, 1.165) is 108 Å². The van der Waals surface area contributed by atoms with E-state index in [9.17, 15) is 43.2 Å². The Hall–Kier alpha value is -1.94. The number of aliphatic hydroxyl groups is 1. The van der Waals surface area contributed by atoms with Crippen LogP contribution < -0.4 is 0 Å². The van der Waals surface area contributed by atoms with Gasteiger partial charge in [-0.3, -0.25) is 37.3 Å². The Morgan fingerprint density at radius 1 is 0.333 bits per heavy atom. The van der Waals surface area contributed by atoms with E-state index in [4.69, 9.17) is 37.0 Å². The Kier molecular flexibility index (Phi) is 56.2. The monoisotopic (exact) mass is 1240 g/mol. The van der Waals surface area contributed by atoms with E-state index in [1.54, 1.807) is 0 Å². The first-order valence-electron chi connectivity index (χ1n) is 34.1. The minimum Gasteiger partial charge on any atom is -0.462 e. The van der Waals surface area contributed by atoms with Crippen molar-refractivity contribution < 1.29 is 80.2 Å². The maximum absolute atomic E-state index is 13.0. The number of ether oxygens (including phenoxy) is 4. The fraction of sp³-hybridized carbons (Fsp3) is 0.938. The number of phosphoric acid groups is 2. The van der Waals surface area contributed by atoms with Crippen molar-refractivity contribution in [3.8, 4) is 0 Å². The molecule has 0 aromatic rings. The topological polar surface area (TPSA) is 237 Å². The lowest BCUT2D eigenvalue weighted by Gasteiger charge is -2.21. The van der Waals surface area contributed by atoms with Crippen molar-refractivity contribution in [3.63, 3.8) is 0 Å². The van der Waals surface area contributed by atoms with Gasteiger partial charge in [0, 0.05) is 25.7 Å². The first-order chi connectivity index (χ1) is 40.4. The van der Waals surface area contributed by atoms with E-state index >= 15 is 0 Å². The van der Waals surface area contributed by atoms with Crippen LogP contribution in [0.15, 0.2) is 0 Å². The second kappa shape index (κ2) is 57.5. The molecular weight excluding hydrogens is 1110 g/mol. The maximum Gasteiger partial charge on any atom is 0.472 e. The molecule has 0 aliphatic heterocycles. The molecule has 0 saturated heterocycles. The average Bonchev–Trinajstić information content (AvgIpc) is 3.60. The Bertz CT molecular complexity index is 1650. The molecule has 0 spiro atoms. The molecule has 0 heterocycles. The van der Waals surface area contributed by atoms with Crippen molar-refractivity contribution >= 4 is 39.5 Å². The van der Waals surface area contributed by atoms with E-state index < -0.39 is 97.5 Å². The van der Waals surface area contributed by atoms with E-state index in [-0.39, 0.29) is 25.7 Å². The van der Waals surface area contributed by atoms with Crippen molar-refractivity contribution in [2.24, 2.45) is 11.8 Å². The van der Waals surface area contributed by atoms with Crippen LogP contribution in [0.4, 0.5) is 0 Å². The normalized spacial score (nSPS) is 14.9. The summed E-state index contributed by atoms with van der Waals surface area (Å²) in [5.74, 6) is -0.578. The smallest absolute Gasteiger partial charge is 0.462 e. The van der Waals surface area contributed by atoms with Crippen LogP contribution in [0.3, 0.4) is 0 Å². The SMILES string of the molecule is CCCCCCCCCCCCCC(=O)OC[C@H](COP(=O)(O)OC[C@@H](O)COP(=O)(O)OC[C@@H](COC(=O)CCCCCCC)OC(=O)CCCCCCCCC(C)CC)OC(=O)CCCCCCCCCCCCCCCCC(C)CC. The van der Waals surface area contributed by atoms with Crippen molar-refractivity contribution in [3.05, 3.63) is 0 Å². The third-order valence-corrected chi connectivity index (χ3v) is 17.6. The van der Waals surface area contributed by atoms with E-state index in [1.807, 2.05) is 0 Å². The third-order valence-electron chi connectivity index (χ3n) is 15.7. The van der Waals surface area contributed by atoms with Gasteiger partial charge in [0.1, 0.15) is 19.3 Å². The summed E-state index contributed by atoms with van der Waals surface area (Å²) >= 11 is 0. The van der Waals surface area contributed by atoms with Gasteiger partial charge in [-0.25, -0.2) is 9.13 Å². The molecule has 0 fully saturated rings. The largest absolute Gasteiger partial charge is 0.472 e. The molecule has 498 valence electrons. The molecule has 0 aliphatic rings.